The number of ether oxygens (including phenoxy) is 2. The summed E-state index contributed by atoms with van der Waals surface area (Å²) in [6.07, 6.45) is 1.31. The number of fused-ring (bicyclic) bond motifs is 3. The van der Waals surface area contributed by atoms with E-state index < -0.39 is 6.09 Å². The molecule has 0 aliphatic rings. The summed E-state index contributed by atoms with van der Waals surface area (Å²) in [6, 6.07) is 13.6. The van der Waals surface area contributed by atoms with Crippen LogP contribution in [0.25, 0.3) is 27.7 Å². The maximum absolute atomic E-state index is 11.7. The molecule has 0 fully saturated rings. The number of anilines is 2. The number of aryl methyl sites for hydroxylation is 1. The SMILES string of the molecule is COC(=O)Nc1cc2c(ccn3c(N)c(-c4ccccc4C)nc23)cc1OC. The first-order valence-electron chi connectivity index (χ1n) is 8.72. The molecule has 4 aromatic rings. The van der Waals surface area contributed by atoms with Crippen LogP contribution in [-0.2, 0) is 4.74 Å². The molecule has 0 aliphatic carbocycles. The van der Waals surface area contributed by atoms with Crippen LogP contribution in [0, 0.1) is 6.92 Å². The zero-order chi connectivity index (χ0) is 19.8. The van der Waals surface area contributed by atoms with Crippen LogP contribution < -0.4 is 15.8 Å². The second-order valence-corrected chi connectivity index (χ2v) is 6.43. The molecule has 0 radical (unpaired) electrons. The van der Waals surface area contributed by atoms with Crippen molar-refractivity contribution in [3.63, 3.8) is 0 Å². The van der Waals surface area contributed by atoms with Gasteiger partial charge >= 0.3 is 6.09 Å². The van der Waals surface area contributed by atoms with Crippen LogP contribution >= 0.6 is 0 Å². The van der Waals surface area contributed by atoms with Crippen molar-refractivity contribution < 1.29 is 14.3 Å². The van der Waals surface area contributed by atoms with Crippen LogP contribution in [0.1, 0.15) is 5.56 Å². The van der Waals surface area contributed by atoms with E-state index in [1.54, 1.807) is 7.11 Å². The summed E-state index contributed by atoms with van der Waals surface area (Å²) in [7, 11) is 2.86. The van der Waals surface area contributed by atoms with Gasteiger partial charge in [0.25, 0.3) is 0 Å². The molecule has 2 aromatic heterocycles. The van der Waals surface area contributed by atoms with E-state index in [1.807, 2.05) is 60.0 Å². The number of amides is 1. The number of nitrogen functional groups attached to an aromatic ring is 1. The number of nitrogens with zero attached hydrogens (tertiary/aromatic N) is 2. The van der Waals surface area contributed by atoms with Gasteiger partial charge in [-0.25, -0.2) is 9.78 Å². The molecule has 0 saturated carbocycles. The van der Waals surface area contributed by atoms with Crippen LogP contribution in [0.2, 0.25) is 0 Å². The Kier molecular flexibility index (Phi) is 4.27. The highest BCUT2D eigenvalue weighted by atomic mass is 16.5. The number of carbonyl (C=O) groups is 1. The lowest BCUT2D eigenvalue weighted by molar-refractivity contribution is 0.187. The summed E-state index contributed by atoms with van der Waals surface area (Å²) < 4.78 is 11.9. The lowest BCUT2D eigenvalue weighted by Crippen LogP contribution is -2.11. The second-order valence-electron chi connectivity index (χ2n) is 6.43. The predicted octanol–water partition coefficient (Wildman–Crippen LogP) is 4.23. The topological polar surface area (TPSA) is 90.9 Å². The summed E-state index contributed by atoms with van der Waals surface area (Å²) in [6.45, 7) is 2.03. The van der Waals surface area contributed by atoms with Crippen LogP contribution in [0.15, 0.2) is 48.7 Å². The van der Waals surface area contributed by atoms with E-state index in [0.717, 1.165) is 27.6 Å². The molecule has 0 unspecified atom stereocenters. The molecule has 3 N–H and O–H groups in total. The number of hydrogen-bond donors (Lipinski definition) is 2. The van der Waals surface area contributed by atoms with Crippen LogP contribution in [0.3, 0.4) is 0 Å². The maximum atomic E-state index is 11.7. The fourth-order valence-electron chi connectivity index (χ4n) is 3.33. The minimum Gasteiger partial charge on any atom is -0.495 e. The quantitative estimate of drug-likeness (QED) is 0.558. The van der Waals surface area contributed by atoms with Gasteiger partial charge in [0.1, 0.15) is 22.9 Å². The van der Waals surface area contributed by atoms with Crippen LogP contribution in [0.5, 0.6) is 5.75 Å². The summed E-state index contributed by atoms with van der Waals surface area (Å²) in [4.78, 5) is 16.5. The molecule has 142 valence electrons. The average molecular weight is 376 g/mol. The number of hydrogen-bond acceptors (Lipinski definition) is 5. The van der Waals surface area contributed by atoms with E-state index >= 15 is 0 Å². The number of nitrogens with two attached hydrogens (primary N) is 1. The molecule has 0 spiro atoms. The molecule has 0 bridgehead atoms. The molecule has 1 amide bonds. The highest BCUT2D eigenvalue weighted by molar-refractivity contribution is 6.01. The molecule has 7 nitrogen and oxygen atoms in total. The lowest BCUT2D eigenvalue weighted by atomic mass is 10.1. The normalized spacial score (nSPS) is 11.0. The molecule has 0 saturated heterocycles. The number of methoxy groups -OCH3 is 2. The van der Waals surface area contributed by atoms with Gasteiger partial charge in [0.05, 0.1) is 19.9 Å². The number of pyridine rings is 1. The minimum absolute atomic E-state index is 0.494. The standard InChI is InChI=1S/C21H20N4O3/c1-12-6-4-5-7-14(12)18-19(22)25-9-8-13-10-17(27-2)16(23-21(26)28-3)11-15(13)20(25)24-18/h4-11H,22H2,1-3H3,(H,23,26). The van der Waals surface area contributed by atoms with Gasteiger partial charge in [0.15, 0.2) is 0 Å². The Bertz CT molecular complexity index is 1210. The molecule has 4 rings (SSSR count). The van der Waals surface area contributed by atoms with E-state index in [1.165, 1.54) is 7.11 Å². The summed E-state index contributed by atoms with van der Waals surface area (Å²) in [5.74, 6) is 1.09. The fraction of sp³-hybridized carbons (Fsp3) is 0.143. The third-order valence-electron chi connectivity index (χ3n) is 4.79. The Balaban J connectivity index is 1.98. The van der Waals surface area contributed by atoms with E-state index in [-0.39, 0.29) is 0 Å². The molecule has 0 aliphatic heterocycles. The first-order chi connectivity index (χ1) is 13.5. The molecule has 2 aromatic carbocycles. The predicted molar refractivity (Wildman–Crippen MR) is 110 cm³/mol. The Morgan fingerprint density at radius 1 is 1.18 bits per heavy atom. The summed E-state index contributed by atoms with van der Waals surface area (Å²) in [5, 5.41) is 4.43. The monoisotopic (exact) mass is 376 g/mol. The van der Waals surface area contributed by atoms with E-state index in [0.29, 0.717) is 22.9 Å². The molecular weight excluding hydrogens is 356 g/mol. The number of imidazole rings is 1. The van der Waals surface area contributed by atoms with Gasteiger partial charge < -0.3 is 15.2 Å². The zero-order valence-electron chi connectivity index (χ0n) is 15.8. The summed E-state index contributed by atoms with van der Waals surface area (Å²) in [5.41, 5.74) is 10.4. The minimum atomic E-state index is -0.576. The molecule has 7 heteroatoms. The Morgan fingerprint density at radius 2 is 1.96 bits per heavy atom. The van der Waals surface area contributed by atoms with E-state index in [4.69, 9.17) is 20.2 Å². The second kappa shape index (κ2) is 6.77. The Hall–Kier alpha value is -3.74. The van der Waals surface area contributed by atoms with E-state index in [9.17, 15) is 4.79 Å². The van der Waals surface area contributed by atoms with Crippen molar-refractivity contribution >= 4 is 34.0 Å². The highest BCUT2D eigenvalue weighted by Crippen LogP contribution is 2.35. The van der Waals surface area contributed by atoms with Crippen molar-refractivity contribution in [3.05, 3.63) is 54.2 Å². The van der Waals surface area contributed by atoms with Gasteiger partial charge in [0.2, 0.25) is 0 Å². The van der Waals surface area contributed by atoms with Gasteiger partial charge in [-0.2, -0.15) is 0 Å². The molecule has 0 atom stereocenters. The highest BCUT2D eigenvalue weighted by Gasteiger charge is 2.17. The molecular formula is C21H20N4O3. The number of rotatable bonds is 3. The molecule has 2 heterocycles. The first-order valence-corrected chi connectivity index (χ1v) is 8.72. The van der Waals surface area contributed by atoms with Crippen molar-refractivity contribution in [1.29, 1.82) is 0 Å². The van der Waals surface area contributed by atoms with Crippen molar-refractivity contribution in [2.75, 3.05) is 25.3 Å². The third kappa shape index (κ3) is 2.77. The van der Waals surface area contributed by atoms with Gasteiger partial charge in [0, 0.05) is 17.1 Å². The van der Waals surface area contributed by atoms with Crippen LogP contribution in [0.4, 0.5) is 16.3 Å². The lowest BCUT2D eigenvalue weighted by Gasteiger charge is -2.11. The number of benzene rings is 2. The first kappa shape index (κ1) is 17.7. The fourth-order valence-corrected chi connectivity index (χ4v) is 3.33. The Morgan fingerprint density at radius 3 is 2.68 bits per heavy atom. The Labute approximate surface area is 161 Å². The number of carbonyl (C=O) groups excluding carboxylic acids is 1. The van der Waals surface area contributed by atoms with Crippen molar-refractivity contribution in [1.82, 2.24) is 9.38 Å². The third-order valence-corrected chi connectivity index (χ3v) is 4.79. The maximum Gasteiger partial charge on any atom is 0.411 e. The number of aromatic nitrogens is 2. The van der Waals surface area contributed by atoms with Crippen LogP contribution in [-0.4, -0.2) is 29.7 Å². The smallest absolute Gasteiger partial charge is 0.411 e. The zero-order valence-corrected chi connectivity index (χ0v) is 15.8. The van der Waals surface area contributed by atoms with Gasteiger partial charge in [-0.1, -0.05) is 24.3 Å². The van der Waals surface area contributed by atoms with Crippen molar-refractivity contribution in [2.45, 2.75) is 6.92 Å². The van der Waals surface area contributed by atoms with Gasteiger partial charge in [-0.3, -0.25) is 9.72 Å². The van der Waals surface area contributed by atoms with Crippen molar-refractivity contribution in [3.8, 4) is 17.0 Å². The van der Waals surface area contributed by atoms with Gasteiger partial charge in [-0.05, 0) is 36.1 Å². The average Bonchev–Trinajstić information content (AvgIpc) is 3.04. The molecule has 28 heavy (non-hydrogen) atoms. The van der Waals surface area contributed by atoms with E-state index in [2.05, 4.69) is 5.32 Å². The van der Waals surface area contributed by atoms with Gasteiger partial charge in [-0.15, -0.1) is 0 Å². The summed E-state index contributed by atoms with van der Waals surface area (Å²) >= 11 is 0. The number of nitrogens with one attached hydrogen (secondary N) is 1. The van der Waals surface area contributed by atoms with Crippen molar-refractivity contribution in [2.24, 2.45) is 0 Å². The largest absolute Gasteiger partial charge is 0.495 e.